The first-order valence-electron chi connectivity index (χ1n) is 21.2. The number of aromatic amines is 2. The van der Waals surface area contributed by atoms with Gasteiger partial charge in [0.2, 0.25) is 11.6 Å². The Morgan fingerprint density at radius 1 is 0.276 bits per heavy atom. The molecule has 0 amide bonds. The van der Waals surface area contributed by atoms with E-state index in [0.717, 1.165) is 61.2 Å². The van der Waals surface area contributed by atoms with Crippen LogP contribution in [0.25, 0.3) is 102 Å². The molecule has 8 bridgehead atoms. The monoisotopic (exact) mass is 1070 g/mol. The second-order valence-corrected chi connectivity index (χ2v) is 16.3. The van der Waals surface area contributed by atoms with Crippen LogP contribution in [0.15, 0.2) is 61.2 Å². The first-order chi connectivity index (χ1) is 36.2. The maximum Gasteiger partial charge on any atom is 0.200 e. The first kappa shape index (κ1) is 48.9. The summed E-state index contributed by atoms with van der Waals surface area (Å²) >= 11 is 0. The Morgan fingerprint density at radius 3 is 0.724 bits per heavy atom. The van der Waals surface area contributed by atoms with Crippen molar-refractivity contribution in [3.63, 3.8) is 0 Å². The summed E-state index contributed by atoms with van der Waals surface area (Å²) in [5.41, 5.74) is -21.5. The molecule has 2 aliphatic rings. The van der Waals surface area contributed by atoms with Crippen molar-refractivity contribution in [3.8, 4) is 55.9 Å². The molecule has 2 aliphatic heterocycles. The minimum absolute atomic E-state index is 0.382. The van der Waals surface area contributed by atoms with Gasteiger partial charge in [-0.2, -0.15) is 10.2 Å². The molecule has 0 spiro atoms. The van der Waals surface area contributed by atoms with Crippen molar-refractivity contribution in [2.45, 2.75) is 0 Å². The van der Waals surface area contributed by atoms with Crippen LogP contribution in [0.1, 0.15) is 22.8 Å². The fraction of sp³-hybridized carbons (Fsp3) is 0. The molecule has 11 rings (SSSR count). The highest BCUT2D eigenvalue weighted by Gasteiger charge is 2.36. The average Bonchev–Trinajstić information content (AvgIpc) is 4.28. The van der Waals surface area contributed by atoms with Crippen molar-refractivity contribution in [1.29, 1.82) is 0 Å². The first-order valence-corrected chi connectivity index (χ1v) is 21.2. The lowest BCUT2D eigenvalue weighted by Gasteiger charge is -2.14. The summed E-state index contributed by atoms with van der Waals surface area (Å²) in [5, 5.41) is 7.14. The summed E-state index contributed by atoms with van der Waals surface area (Å²) in [4.78, 5) is 13.0. The number of rotatable bonds is 6. The van der Waals surface area contributed by atoms with Gasteiger partial charge in [0.1, 0.15) is 11.4 Å². The number of nitrogens with one attached hydrogen (secondary N) is 2. The van der Waals surface area contributed by atoms with Crippen LogP contribution in [0.3, 0.4) is 0 Å². The van der Waals surface area contributed by atoms with Crippen LogP contribution in [0.4, 0.5) is 79.0 Å². The Hall–Kier alpha value is -9.36. The molecule has 9 aromatic rings. The normalized spacial score (nSPS) is 12.2. The number of hydrogen-bond acceptors (Lipinski definition) is 4. The highest BCUT2D eigenvalue weighted by atomic mass is 19.2. The second-order valence-electron chi connectivity index (χ2n) is 16.3. The third kappa shape index (κ3) is 7.05. The molecule has 0 saturated carbocycles. The van der Waals surface area contributed by atoms with E-state index in [9.17, 15) is 8.78 Å². The predicted molar refractivity (Wildman–Crippen MR) is 234 cm³/mol. The summed E-state index contributed by atoms with van der Waals surface area (Å²) < 4.78 is 286. The highest BCUT2D eigenvalue weighted by molar-refractivity contribution is 6.00. The van der Waals surface area contributed by atoms with Crippen molar-refractivity contribution in [1.82, 2.24) is 39.5 Å². The van der Waals surface area contributed by atoms with Crippen LogP contribution >= 0.6 is 0 Å². The fourth-order valence-corrected chi connectivity index (χ4v) is 8.79. The Kier molecular flexibility index (Phi) is 11.4. The molecule has 0 unspecified atom stereocenters. The molecule has 76 heavy (non-hydrogen) atoms. The van der Waals surface area contributed by atoms with Gasteiger partial charge in [-0.3, -0.25) is 0 Å². The number of benzene rings is 4. The summed E-state index contributed by atoms with van der Waals surface area (Å²) in [6.07, 6.45) is 6.53. The largest absolute Gasteiger partial charge is 0.354 e. The minimum atomic E-state index is -2.67. The van der Waals surface area contributed by atoms with Gasteiger partial charge in [-0.25, -0.2) is 98.4 Å². The lowest BCUT2D eigenvalue weighted by molar-refractivity contribution is 0.381. The number of fused-ring (bicyclic) bond motifs is 8. The predicted octanol–water partition coefficient (Wildman–Crippen LogP) is 14.2. The molecule has 0 aliphatic carbocycles. The van der Waals surface area contributed by atoms with E-state index in [1.54, 1.807) is 0 Å². The van der Waals surface area contributed by atoms with Crippen molar-refractivity contribution in [2.24, 2.45) is 0 Å². The molecule has 0 saturated heterocycles. The Morgan fingerprint density at radius 2 is 0.500 bits per heavy atom. The van der Waals surface area contributed by atoms with E-state index in [2.05, 4.69) is 30.1 Å². The van der Waals surface area contributed by atoms with Gasteiger partial charge in [0.25, 0.3) is 0 Å². The Balaban J connectivity index is 1.38. The molecule has 26 heteroatoms. The number of hydrogen-bond donors (Lipinski definition) is 2. The zero-order chi connectivity index (χ0) is 54.1. The van der Waals surface area contributed by atoms with Crippen LogP contribution < -0.4 is 0 Å². The van der Waals surface area contributed by atoms with Gasteiger partial charge in [-0.05, 0) is 60.7 Å². The van der Waals surface area contributed by atoms with Crippen LogP contribution in [0.2, 0.25) is 0 Å². The third-order valence-corrected chi connectivity index (χ3v) is 12.1. The number of H-pyrrole nitrogens is 2. The molecular weight excluding hydrogens is 1050 g/mol. The molecule has 8 nitrogen and oxygen atoms in total. The van der Waals surface area contributed by atoms with Crippen LogP contribution in [0, 0.1) is 105 Å². The summed E-state index contributed by atoms with van der Waals surface area (Å²) in [6.45, 7) is 0. The summed E-state index contributed by atoms with van der Waals surface area (Å²) in [7, 11) is 0. The van der Waals surface area contributed by atoms with E-state index in [0.29, 0.717) is 33.7 Å². The van der Waals surface area contributed by atoms with E-state index >= 15 is 70.2 Å². The fourth-order valence-electron chi connectivity index (χ4n) is 8.79. The smallest absolute Gasteiger partial charge is 0.200 e. The standard InChI is InChI=1S/C50H16F18N8/c51-31-27(32(52)40(60)43(63)39(31)59)23-15-3-7-19(71-15)25(29-35(55)45(65)49(46(66)36(29)56)75-13-1-11-69-75)20-8-4-16(72-20)24(28-33(53)41(61)44(64)42(62)34(28)54)18-6-10-22(74-18)26(21-9-5-17(23)73-21)30-37(57)47(67)50(48(68)38(30)58)76-14-2-12-70-76/h1-14,71,74H. The maximum atomic E-state index is 16.7. The van der Waals surface area contributed by atoms with Gasteiger partial charge < -0.3 is 9.97 Å². The van der Waals surface area contributed by atoms with Crippen LogP contribution in [-0.2, 0) is 0 Å². The molecule has 4 aromatic carbocycles. The van der Waals surface area contributed by atoms with E-state index in [4.69, 9.17) is 0 Å². The van der Waals surface area contributed by atoms with Gasteiger partial charge in [0, 0.05) is 69.1 Å². The van der Waals surface area contributed by atoms with Gasteiger partial charge in [-0.1, -0.05) is 0 Å². The average molecular weight is 1070 g/mol. The van der Waals surface area contributed by atoms with E-state index in [1.807, 2.05) is 0 Å². The molecule has 2 N–H and O–H groups in total. The van der Waals surface area contributed by atoms with Crippen molar-refractivity contribution in [3.05, 3.63) is 189 Å². The summed E-state index contributed by atoms with van der Waals surface area (Å²) in [5.74, 6) is -43.3. The van der Waals surface area contributed by atoms with Gasteiger partial charge in [-0.15, -0.1) is 0 Å². The molecule has 382 valence electrons. The van der Waals surface area contributed by atoms with Crippen molar-refractivity contribution < 1.29 is 79.0 Å². The molecule has 0 radical (unpaired) electrons. The van der Waals surface area contributed by atoms with Gasteiger partial charge >= 0.3 is 0 Å². The molecular formula is C50H16F18N8. The molecule has 5 aromatic heterocycles. The molecule has 0 fully saturated rings. The Labute approximate surface area is 408 Å². The van der Waals surface area contributed by atoms with E-state index < -0.39 is 205 Å². The zero-order valence-corrected chi connectivity index (χ0v) is 36.6. The van der Waals surface area contributed by atoms with E-state index in [1.165, 1.54) is 0 Å². The number of nitrogens with zero attached hydrogens (tertiary/aromatic N) is 6. The SMILES string of the molecule is Fc1c(F)c(F)c(-c2c3nc(c(-c4c(F)c(F)c(-n5cccn5)c(F)c4F)c4ccc([nH]4)c(-c4c(F)c(F)c(F)c(F)c4F)c4nc(c(-c5c(F)c(F)c(-n6cccn6)c(F)c5F)c5ccc2[nH]5)C=C4)C=C3)c(F)c1F. The van der Waals surface area contributed by atoms with E-state index in [-0.39, 0.29) is 0 Å². The topological polar surface area (TPSA) is 93.0 Å². The second kappa shape index (κ2) is 17.7. The van der Waals surface area contributed by atoms with Crippen LogP contribution in [-0.4, -0.2) is 39.5 Å². The number of halogens is 18. The van der Waals surface area contributed by atoms with Gasteiger partial charge in [0.15, 0.2) is 93.1 Å². The van der Waals surface area contributed by atoms with Crippen LogP contribution in [0.5, 0.6) is 0 Å². The molecule has 7 heterocycles. The lowest BCUT2D eigenvalue weighted by atomic mass is 10.0. The quantitative estimate of drug-likeness (QED) is 0.0986. The highest BCUT2D eigenvalue weighted by Crippen LogP contribution is 2.45. The Bertz CT molecular complexity index is 3890. The summed E-state index contributed by atoms with van der Waals surface area (Å²) in [6, 6.07) is 5.16. The number of aromatic nitrogens is 8. The third-order valence-electron chi connectivity index (χ3n) is 12.1. The minimum Gasteiger partial charge on any atom is -0.354 e. The zero-order valence-electron chi connectivity index (χ0n) is 36.6. The van der Waals surface area contributed by atoms with Crippen molar-refractivity contribution >= 4 is 46.4 Å². The maximum absolute atomic E-state index is 16.7. The van der Waals surface area contributed by atoms with Gasteiger partial charge in [0.05, 0.1) is 45.0 Å². The lowest BCUT2D eigenvalue weighted by Crippen LogP contribution is -2.10. The molecule has 0 atom stereocenters. The van der Waals surface area contributed by atoms with Crippen molar-refractivity contribution in [2.75, 3.05) is 0 Å².